The number of para-hydroxylation sites is 1. The molecule has 0 bridgehead atoms. The van der Waals surface area contributed by atoms with Gasteiger partial charge in [-0.3, -0.25) is 5.43 Å². The topological polar surface area (TPSA) is 67.0 Å². The number of ether oxygens (including phenoxy) is 1. The van der Waals surface area contributed by atoms with Crippen molar-refractivity contribution in [2.75, 3.05) is 12.5 Å². The van der Waals surface area contributed by atoms with Gasteiger partial charge in [-0.15, -0.1) is 0 Å². The minimum Gasteiger partial charge on any atom is -0.504 e. The van der Waals surface area contributed by atoms with Gasteiger partial charge in [0.1, 0.15) is 11.3 Å². The van der Waals surface area contributed by atoms with Crippen LogP contribution in [0, 0.1) is 6.92 Å². The van der Waals surface area contributed by atoms with Gasteiger partial charge in [0.05, 0.1) is 18.2 Å². The third-order valence-electron chi connectivity index (χ3n) is 4.44. The van der Waals surface area contributed by atoms with Crippen molar-refractivity contribution in [1.29, 1.82) is 0 Å². The van der Waals surface area contributed by atoms with E-state index in [9.17, 15) is 5.11 Å². The minimum absolute atomic E-state index is 0.0820. The van der Waals surface area contributed by atoms with Gasteiger partial charge in [-0.05, 0) is 55.0 Å². The SMILES string of the molecule is COc1cc(-c2c/c(=N\Nc3ccccc3)c3ccc(C)cc3o2)ccc1O. The highest BCUT2D eigenvalue weighted by molar-refractivity contribution is 5.79. The fourth-order valence-electron chi connectivity index (χ4n) is 2.98. The second-order valence-corrected chi connectivity index (χ2v) is 6.47. The predicted molar refractivity (Wildman–Crippen MR) is 110 cm³/mol. The number of hydrogen-bond donors (Lipinski definition) is 2. The molecule has 0 fully saturated rings. The first-order valence-electron chi connectivity index (χ1n) is 8.91. The Morgan fingerprint density at radius 3 is 2.57 bits per heavy atom. The Hall–Kier alpha value is -3.73. The Balaban J connectivity index is 1.88. The number of hydrogen-bond acceptors (Lipinski definition) is 5. The molecular formula is C23H20N2O3. The molecule has 0 spiro atoms. The van der Waals surface area contributed by atoms with E-state index in [4.69, 9.17) is 9.15 Å². The zero-order valence-electron chi connectivity index (χ0n) is 15.6. The van der Waals surface area contributed by atoms with Crippen LogP contribution in [0.15, 0.2) is 82.3 Å². The van der Waals surface area contributed by atoms with Crippen molar-refractivity contribution >= 4 is 16.7 Å². The van der Waals surface area contributed by atoms with Gasteiger partial charge in [0.2, 0.25) is 0 Å². The molecule has 0 radical (unpaired) electrons. The number of nitrogens with one attached hydrogen (secondary N) is 1. The van der Waals surface area contributed by atoms with Crippen molar-refractivity contribution in [3.63, 3.8) is 0 Å². The number of anilines is 1. The van der Waals surface area contributed by atoms with Crippen LogP contribution in [0.4, 0.5) is 5.69 Å². The third-order valence-corrected chi connectivity index (χ3v) is 4.44. The molecule has 4 rings (SSSR count). The van der Waals surface area contributed by atoms with Crippen LogP contribution >= 0.6 is 0 Å². The first kappa shape index (κ1) is 17.7. The van der Waals surface area contributed by atoms with Crippen LogP contribution in [0.5, 0.6) is 11.5 Å². The lowest BCUT2D eigenvalue weighted by Crippen LogP contribution is -2.07. The Morgan fingerprint density at radius 2 is 1.79 bits per heavy atom. The van der Waals surface area contributed by atoms with Crippen LogP contribution < -0.4 is 15.5 Å². The largest absolute Gasteiger partial charge is 0.504 e. The van der Waals surface area contributed by atoms with Crippen LogP contribution in [0.3, 0.4) is 0 Å². The Kier molecular flexibility index (Phi) is 4.72. The van der Waals surface area contributed by atoms with E-state index in [1.807, 2.05) is 61.5 Å². The van der Waals surface area contributed by atoms with Crippen molar-refractivity contribution in [1.82, 2.24) is 0 Å². The number of fused-ring (bicyclic) bond motifs is 1. The van der Waals surface area contributed by atoms with Crippen LogP contribution in [0.25, 0.3) is 22.3 Å². The third kappa shape index (κ3) is 3.55. The quantitative estimate of drug-likeness (QED) is 0.492. The Bertz CT molecular complexity index is 1200. The zero-order chi connectivity index (χ0) is 19.5. The molecule has 0 aliphatic carbocycles. The fourth-order valence-corrected chi connectivity index (χ4v) is 2.98. The van der Waals surface area contributed by atoms with Gasteiger partial charge >= 0.3 is 0 Å². The van der Waals surface area contributed by atoms with Gasteiger partial charge in [0, 0.05) is 17.0 Å². The number of phenolic OH excluding ortho intramolecular Hbond substituents is 1. The molecule has 0 aliphatic rings. The molecule has 2 N–H and O–H groups in total. The van der Waals surface area contributed by atoms with Gasteiger partial charge in [-0.1, -0.05) is 24.3 Å². The lowest BCUT2D eigenvalue weighted by Gasteiger charge is -2.08. The van der Waals surface area contributed by atoms with E-state index in [1.54, 1.807) is 18.2 Å². The molecular weight excluding hydrogens is 352 g/mol. The number of phenols is 1. The van der Waals surface area contributed by atoms with E-state index in [1.165, 1.54) is 7.11 Å². The highest BCUT2D eigenvalue weighted by Crippen LogP contribution is 2.32. The van der Waals surface area contributed by atoms with Gasteiger partial charge in [0.25, 0.3) is 0 Å². The summed E-state index contributed by atoms with van der Waals surface area (Å²) in [4.78, 5) is 0. The normalized spacial score (nSPS) is 11.6. The van der Waals surface area contributed by atoms with Crippen LogP contribution in [-0.4, -0.2) is 12.2 Å². The van der Waals surface area contributed by atoms with Gasteiger partial charge in [-0.2, -0.15) is 5.10 Å². The molecule has 5 nitrogen and oxygen atoms in total. The number of methoxy groups -OCH3 is 1. The van der Waals surface area contributed by atoms with Gasteiger partial charge in [-0.25, -0.2) is 0 Å². The average molecular weight is 372 g/mol. The molecule has 0 aliphatic heterocycles. The predicted octanol–water partition coefficient (Wildman–Crippen LogP) is 5.05. The lowest BCUT2D eigenvalue weighted by atomic mass is 10.1. The van der Waals surface area contributed by atoms with E-state index < -0.39 is 0 Å². The van der Waals surface area contributed by atoms with Gasteiger partial charge in [0.15, 0.2) is 11.5 Å². The summed E-state index contributed by atoms with van der Waals surface area (Å²) in [5.74, 6) is 1.10. The Labute approximate surface area is 162 Å². The van der Waals surface area contributed by atoms with Crippen molar-refractivity contribution in [2.45, 2.75) is 6.92 Å². The molecule has 28 heavy (non-hydrogen) atoms. The molecule has 0 saturated carbocycles. The minimum atomic E-state index is 0.0820. The number of aromatic hydroxyl groups is 1. The van der Waals surface area contributed by atoms with Crippen LogP contribution in [-0.2, 0) is 0 Å². The first-order valence-corrected chi connectivity index (χ1v) is 8.91. The highest BCUT2D eigenvalue weighted by Gasteiger charge is 2.10. The zero-order valence-corrected chi connectivity index (χ0v) is 15.6. The summed E-state index contributed by atoms with van der Waals surface area (Å²) in [6.45, 7) is 2.02. The van der Waals surface area contributed by atoms with E-state index in [0.29, 0.717) is 11.5 Å². The maximum atomic E-state index is 9.87. The summed E-state index contributed by atoms with van der Waals surface area (Å²) >= 11 is 0. The summed E-state index contributed by atoms with van der Waals surface area (Å²) in [7, 11) is 1.52. The highest BCUT2D eigenvalue weighted by atomic mass is 16.5. The van der Waals surface area contributed by atoms with Gasteiger partial charge < -0.3 is 14.3 Å². The molecule has 140 valence electrons. The molecule has 3 aromatic carbocycles. The average Bonchev–Trinajstić information content (AvgIpc) is 2.72. The summed E-state index contributed by atoms with van der Waals surface area (Å²) in [5.41, 5.74) is 6.61. The smallest absolute Gasteiger partial charge is 0.161 e. The molecule has 1 heterocycles. The molecule has 0 atom stereocenters. The van der Waals surface area contributed by atoms with Crippen LogP contribution in [0.1, 0.15) is 5.56 Å². The fraction of sp³-hybridized carbons (Fsp3) is 0.0870. The number of benzene rings is 3. The molecule has 5 heteroatoms. The maximum Gasteiger partial charge on any atom is 0.161 e. The summed E-state index contributed by atoms with van der Waals surface area (Å²) in [6, 6.07) is 22.8. The second-order valence-electron chi connectivity index (χ2n) is 6.47. The van der Waals surface area contributed by atoms with Crippen molar-refractivity contribution in [3.8, 4) is 22.8 Å². The number of rotatable bonds is 4. The van der Waals surface area contributed by atoms with Crippen molar-refractivity contribution < 1.29 is 14.3 Å². The van der Waals surface area contributed by atoms with Crippen molar-refractivity contribution in [3.05, 3.63) is 83.7 Å². The lowest BCUT2D eigenvalue weighted by molar-refractivity contribution is 0.373. The monoisotopic (exact) mass is 372 g/mol. The van der Waals surface area contributed by atoms with Crippen molar-refractivity contribution in [2.24, 2.45) is 5.10 Å². The molecule has 0 saturated heterocycles. The van der Waals surface area contributed by atoms with E-state index in [2.05, 4.69) is 10.5 Å². The second kappa shape index (κ2) is 7.48. The molecule has 4 aromatic rings. The number of nitrogens with zero attached hydrogens (tertiary/aromatic N) is 1. The maximum absolute atomic E-state index is 9.87. The van der Waals surface area contributed by atoms with E-state index in [0.717, 1.165) is 33.1 Å². The summed E-state index contributed by atoms with van der Waals surface area (Å²) in [5, 5.41) is 16.1. The Morgan fingerprint density at radius 1 is 0.964 bits per heavy atom. The molecule has 0 amide bonds. The summed E-state index contributed by atoms with van der Waals surface area (Å²) in [6.07, 6.45) is 0. The standard InChI is InChI=1S/C23H20N2O3/c1-15-8-10-18-19(25-24-17-6-4-3-5-7-17)14-21(28-22(18)12-15)16-9-11-20(26)23(13-16)27-2/h3-14,24,26H,1-2H3/b25-19+. The number of aryl methyl sites for hydroxylation is 1. The summed E-state index contributed by atoms with van der Waals surface area (Å²) < 4.78 is 11.4. The molecule has 1 aromatic heterocycles. The van der Waals surface area contributed by atoms with E-state index in [-0.39, 0.29) is 5.75 Å². The van der Waals surface area contributed by atoms with E-state index >= 15 is 0 Å². The molecule has 0 unspecified atom stereocenters. The first-order chi connectivity index (χ1) is 13.6. The van der Waals surface area contributed by atoms with Crippen LogP contribution in [0.2, 0.25) is 0 Å².